The fourth-order valence-corrected chi connectivity index (χ4v) is 4.63. The third-order valence-electron chi connectivity index (χ3n) is 5.04. The Hall–Kier alpha value is -1.45. The molecule has 2 heterocycles. The second kappa shape index (κ2) is 8.28. The molecule has 27 heavy (non-hydrogen) atoms. The van der Waals surface area contributed by atoms with E-state index in [-0.39, 0.29) is 17.5 Å². The fraction of sp³-hybridized carbons (Fsp3) is 0.778. The van der Waals surface area contributed by atoms with Crippen molar-refractivity contribution in [2.75, 3.05) is 38.0 Å². The Morgan fingerprint density at radius 3 is 2.52 bits per heavy atom. The molecule has 9 heteroatoms. The normalized spacial score (nSPS) is 17.1. The van der Waals surface area contributed by atoms with Crippen LogP contribution in [0.3, 0.4) is 0 Å². The summed E-state index contributed by atoms with van der Waals surface area (Å²) in [6.07, 6.45) is 1.39. The van der Waals surface area contributed by atoms with Crippen LogP contribution in [0.1, 0.15) is 46.3 Å². The Morgan fingerprint density at radius 2 is 1.93 bits per heavy atom. The van der Waals surface area contributed by atoms with Gasteiger partial charge < -0.3 is 19.3 Å². The van der Waals surface area contributed by atoms with E-state index >= 15 is 0 Å². The Labute approximate surface area is 160 Å². The summed E-state index contributed by atoms with van der Waals surface area (Å²) in [6, 6.07) is 1.60. The molecule has 1 amide bonds. The van der Waals surface area contributed by atoms with Crippen LogP contribution in [0.25, 0.3) is 0 Å². The minimum Gasteiger partial charge on any atom is -0.384 e. The van der Waals surface area contributed by atoms with Gasteiger partial charge in [0.1, 0.15) is 10.5 Å². The van der Waals surface area contributed by atoms with Crippen LogP contribution in [0.2, 0.25) is 0 Å². The van der Waals surface area contributed by atoms with Gasteiger partial charge in [0.05, 0.1) is 12.4 Å². The number of nitrogens with zero attached hydrogens (tertiary/aromatic N) is 1. The molecule has 1 fully saturated rings. The molecule has 0 atom stereocenters. The third-order valence-corrected chi connectivity index (χ3v) is 7.69. The van der Waals surface area contributed by atoms with Gasteiger partial charge in [0, 0.05) is 31.8 Å². The van der Waals surface area contributed by atoms with Crippen molar-refractivity contribution in [2.45, 2.75) is 50.7 Å². The lowest BCUT2D eigenvalue weighted by atomic mass is 9.91. The van der Waals surface area contributed by atoms with E-state index < -0.39 is 25.9 Å². The Balaban J connectivity index is 2.08. The average Bonchev–Trinajstić information content (AvgIpc) is 3.04. The summed E-state index contributed by atoms with van der Waals surface area (Å²) >= 11 is 0. The van der Waals surface area contributed by atoms with Crippen molar-refractivity contribution in [3.63, 3.8) is 0 Å². The molecule has 0 radical (unpaired) electrons. The van der Waals surface area contributed by atoms with Crippen LogP contribution < -0.4 is 5.32 Å². The van der Waals surface area contributed by atoms with Gasteiger partial charge in [-0.05, 0) is 32.6 Å². The zero-order valence-electron chi connectivity index (χ0n) is 16.7. The number of carbonyl (C=O) groups excluding carboxylic acids is 1. The van der Waals surface area contributed by atoms with Crippen LogP contribution in [0.15, 0.2) is 10.6 Å². The van der Waals surface area contributed by atoms with E-state index in [9.17, 15) is 13.2 Å². The Bertz CT molecular complexity index is 748. The highest BCUT2D eigenvalue weighted by Gasteiger charge is 2.43. The Kier molecular flexibility index (Phi) is 6.70. The molecule has 1 N–H and O–H groups in total. The molecule has 1 aromatic heterocycles. The van der Waals surface area contributed by atoms with Crippen LogP contribution in [0.4, 0.5) is 5.82 Å². The molecule has 0 unspecified atom stereocenters. The maximum absolute atomic E-state index is 12.8. The zero-order chi connectivity index (χ0) is 20.3. The maximum atomic E-state index is 12.8. The minimum absolute atomic E-state index is 0.0179. The number of rotatable bonds is 8. The summed E-state index contributed by atoms with van der Waals surface area (Å²) in [5.41, 5.74) is -0.421. The van der Waals surface area contributed by atoms with Crippen LogP contribution >= 0.6 is 0 Å². The Morgan fingerprint density at radius 1 is 1.30 bits per heavy atom. The fourth-order valence-electron chi connectivity index (χ4n) is 2.92. The lowest BCUT2D eigenvalue weighted by molar-refractivity contribution is -0.117. The number of carbonyl (C=O) groups is 1. The van der Waals surface area contributed by atoms with Crippen molar-refractivity contribution in [3.05, 3.63) is 11.8 Å². The first-order chi connectivity index (χ1) is 12.5. The predicted molar refractivity (Wildman–Crippen MR) is 101 cm³/mol. The summed E-state index contributed by atoms with van der Waals surface area (Å²) < 4.78 is 39.8. The van der Waals surface area contributed by atoms with Crippen molar-refractivity contribution in [1.82, 2.24) is 5.16 Å². The number of hydrogen-bond donors (Lipinski definition) is 1. The van der Waals surface area contributed by atoms with Crippen LogP contribution in [-0.2, 0) is 29.5 Å². The monoisotopic (exact) mass is 402 g/mol. The van der Waals surface area contributed by atoms with Gasteiger partial charge in [-0.3, -0.25) is 4.79 Å². The molecule has 2 rings (SSSR count). The summed E-state index contributed by atoms with van der Waals surface area (Å²) in [5.74, 6) is 0.0983. The number of aromatic nitrogens is 1. The van der Waals surface area contributed by atoms with Crippen molar-refractivity contribution >= 4 is 21.6 Å². The number of anilines is 1. The number of methoxy groups -OCH3 is 1. The van der Waals surface area contributed by atoms with E-state index in [2.05, 4.69) is 10.5 Å². The number of sulfone groups is 1. The van der Waals surface area contributed by atoms with Gasteiger partial charge in [-0.25, -0.2) is 8.42 Å². The summed E-state index contributed by atoms with van der Waals surface area (Å²) in [6.45, 7) is 8.23. The molecule has 1 aliphatic rings. The lowest BCUT2D eigenvalue weighted by Gasteiger charge is -2.28. The zero-order valence-corrected chi connectivity index (χ0v) is 17.5. The molecule has 0 saturated carbocycles. The van der Waals surface area contributed by atoms with E-state index in [1.807, 2.05) is 13.8 Å². The van der Waals surface area contributed by atoms with Crippen LogP contribution in [0, 0.1) is 5.92 Å². The largest absolute Gasteiger partial charge is 0.384 e. The molecule has 1 aromatic rings. The van der Waals surface area contributed by atoms with Gasteiger partial charge in [-0.2, -0.15) is 0 Å². The average molecular weight is 403 g/mol. The number of hydrogen-bond acceptors (Lipinski definition) is 7. The van der Waals surface area contributed by atoms with Crippen molar-refractivity contribution in [1.29, 1.82) is 0 Å². The molecule has 0 aliphatic carbocycles. The molecular weight excluding hydrogens is 372 g/mol. The first kappa shape index (κ1) is 21.8. The van der Waals surface area contributed by atoms with E-state index in [1.54, 1.807) is 13.2 Å². The molecule has 0 spiro atoms. The van der Waals surface area contributed by atoms with Gasteiger partial charge >= 0.3 is 0 Å². The molecule has 154 valence electrons. The smallest absolute Gasteiger partial charge is 0.246 e. The first-order valence-corrected chi connectivity index (χ1v) is 10.7. The van der Waals surface area contributed by atoms with Crippen LogP contribution in [-0.4, -0.2) is 56.9 Å². The van der Waals surface area contributed by atoms with Gasteiger partial charge in [-0.1, -0.05) is 19.0 Å². The highest BCUT2D eigenvalue weighted by atomic mass is 32.2. The molecule has 1 saturated heterocycles. The number of ether oxygens (including phenoxy) is 2. The van der Waals surface area contributed by atoms with Crippen molar-refractivity contribution < 1.29 is 27.2 Å². The second-order valence-electron chi connectivity index (χ2n) is 8.19. The molecule has 1 aliphatic heterocycles. The summed E-state index contributed by atoms with van der Waals surface area (Å²) in [7, 11) is -2.07. The second-order valence-corrected chi connectivity index (χ2v) is 10.8. The summed E-state index contributed by atoms with van der Waals surface area (Å²) in [4.78, 5) is 12.7. The SMILES string of the molecule is COCC(C)(C)c1cc(NC(=O)C(C)(C)S(=O)(=O)CC2CCOCC2)no1. The minimum atomic E-state index is -3.65. The van der Waals surface area contributed by atoms with E-state index in [0.29, 0.717) is 38.4 Å². The molecule has 0 aromatic carbocycles. The van der Waals surface area contributed by atoms with Crippen molar-refractivity contribution in [2.24, 2.45) is 5.92 Å². The first-order valence-electron chi connectivity index (χ1n) is 9.07. The van der Waals surface area contributed by atoms with Crippen LogP contribution in [0.5, 0.6) is 0 Å². The van der Waals surface area contributed by atoms with E-state index in [4.69, 9.17) is 14.0 Å². The predicted octanol–water partition coefficient (Wildman–Crippen LogP) is 2.16. The maximum Gasteiger partial charge on any atom is 0.246 e. The van der Waals surface area contributed by atoms with E-state index in [1.165, 1.54) is 13.8 Å². The number of amides is 1. The highest BCUT2D eigenvalue weighted by molar-refractivity contribution is 7.93. The van der Waals surface area contributed by atoms with Gasteiger partial charge in [0.2, 0.25) is 5.91 Å². The van der Waals surface area contributed by atoms with Gasteiger partial charge in [0.15, 0.2) is 15.7 Å². The molecule has 0 bridgehead atoms. The summed E-state index contributed by atoms with van der Waals surface area (Å²) in [5, 5.41) is 6.41. The highest BCUT2D eigenvalue weighted by Crippen LogP contribution is 2.28. The lowest BCUT2D eigenvalue weighted by Crippen LogP contribution is -2.47. The number of nitrogens with one attached hydrogen (secondary N) is 1. The van der Waals surface area contributed by atoms with E-state index in [0.717, 1.165) is 0 Å². The van der Waals surface area contributed by atoms with Crippen molar-refractivity contribution in [3.8, 4) is 0 Å². The molecule has 8 nitrogen and oxygen atoms in total. The molecular formula is C18H30N2O6S. The van der Waals surface area contributed by atoms with Gasteiger partial charge in [0.25, 0.3) is 0 Å². The third kappa shape index (κ3) is 5.08. The van der Waals surface area contributed by atoms with Gasteiger partial charge in [-0.15, -0.1) is 0 Å². The topological polar surface area (TPSA) is 108 Å². The quantitative estimate of drug-likeness (QED) is 0.710. The standard InChI is InChI=1S/C18H30N2O6S/c1-17(2,12-24-5)14-10-15(20-26-14)19-16(21)18(3,4)27(22,23)11-13-6-8-25-9-7-13/h10,13H,6-9,11-12H2,1-5H3,(H,19,20,21).